The molecule has 0 bridgehead atoms. The van der Waals surface area contributed by atoms with E-state index in [1.807, 2.05) is 0 Å². The molecule has 5 nitrogen and oxygen atoms in total. The summed E-state index contributed by atoms with van der Waals surface area (Å²) < 4.78 is 10.2. The fourth-order valence-electron chi connectivity index (χ4n) is 1.96. The van der Waals surface area contributed by atoms with Gasteiger partial charge in [0.1, 0.15) is 0 Å². The van der Waals surface area contributed by atoms with Crippen LogP contribution >= 0.6 is 0 Å². The Morgan fingerprint density at radius 3 is 2.62 bits per heavy atom. The lowest BCUT2D eigenvalue weighted by atomic mass is 10.1. The first-order valence-corrected chi connectivity index (χ1v) is 4.83. The second-order valence-electron chi connectivity index (χ2n) is 3.52. The van der Waals surface area contributed by atoms with E-state index in [-0.39, 0.29) is 5.78 Å². The van der Waals surface area contributed by atoms with Crippen molar-refractivity contribution in [1.29, 1.82) is 0 Å². The van der Waals surface area contributed by atoms with Crippen LogP contribution in [0.1, 0.15) is 15.9 Å². The van der Waals surface area contributed by atoms with Gasteiger partial charge in [0.2, 0.25) is 0 Å². The highest BCUT2D eigenvalue weighted by Gasteiger charge is 2.35. The van der Waals surface area contributed by atoms with Gasteiger partial charge in [-0.15, -0.1) is 0 Å². The molecule has 0 fully saturated rings. The van der Waals surface area contributed by atoms with E-state index in [0.717, 1.165) is 5.56 Å². The quantitative estimate of drug-likeness (QED) is 0.727. The normalized spacial score (nSPS) is 18.1. The molecule has 0 aliphatic heterocycles. The molecule has 0 amide bonds. The summed E-state index contributed by atoms with van der Waals surface area (Å²) in [6.07, 6.45) is 0.345. The lowest BCUT2D eigenvalue weighted by Gasteiger charge is -2.10. The zero-order chi connectivity index (χ0) is 11.7. The van der Waals surface area contributed by atoms with E-state index in [9.17, 15) is 9.70 Å². The Labute approximate surface area is 92.3 Å². The molecular formula is C11H11NO4. The highest BCUT2D eigenvalue weighted by Crippen LogP contribution is 2.38. The fraction of sp³-hybridized carbons (Fsp3) is 0.364. The molecule has 2 rings (SSSR count). The summed E-state index contributed by atoms with van der Waals surface area (Å²) in [6, 6.07) is 2.66. The van der Waals surface area contributed by atoms with E-state index in [2.05, 4.69) is 5.18 Å². The second-order valence-corrected chi connectivity index (χ2v) is 3.52. The molecule has 1 aliphatic carbocycles. The van der Waals surface area contributed by atoms with Crippen LogP contribution < -0.4 is 9.47 Å². The monoisotopic (exact) mass is 221 g/mol. The van der Waals surface area contributed by atoms with Crippen LogP contribution in [0.4, 0.5) is 0 Å². The van der Waals surface area contributed by atoms with Gasteiger partial charge in [-0.1, -0.05) is 11.2 Å². The van der Waals surface area contributed by atoms with E-state index in [0.29, 0.717) is 23.5 Å². The summed E-state index contributed by atoms with van der Waals surface area (Å²) in [5, 5.41) is 2.82. The number of nitrogens with zero attached hydrogens (tertiary/aromatic N) is 1. The number of nitroso groups, excluding NO2 is 1. The van der Waals surface area contributed by atoms with Crippen molar-refractivity contribution in [2.24, 2.45) is 5.18 Å². The molecular weight excluding hydrogens is 210 g/mol. The van der Waals surface area contributed by atoms with Crippen LogP contribution in [0.25, 0.3) is 0 Å². The molecule has 5 heteroatoms. The first-order valence-electron chi connectivity index (χ1n) is 4.83. The van der Waals surface area contributed by atoms with Crippen LogP contribution in [-0.2, 0) is 6.42 Å². The Morgan fingerprint density at radius 1 is 1.31 bits per heavy atom. The number of carbonyl (C=O) groups excluding carboxylic acids is 1. The molecule has 84 valence electrons. The van der Waals surface area contributed by atoms with Gasteiger partial charge < -0.3 is 9.47 Å². The van der Waals surface area contributed by atoms with Crippen LogP contribution in [0.3, 0.4) is 0 Å². The average molecular weight is 221 g/mol. The highest BCUT2D eigenvalue weighted by atomic mass is 16.5. The van der Waals surface area contributed by atoms with Gasteiger partial charge in [0.15, 0.2) is 23.3 Å². The summed E-state index contributed by atoms with van der Waals surface area (Å²) in [7, 11) is 2.96. The molecule has 0 spiro atoms. The van der Waals surface area contributed by atoms with E-state index in [4.69, 9.17) is 9.47 Å². The first kappa shape index (κ1) is 10.6. The Bertz CT molecular complexity index is 456. The van der Waals surface area contributed by atoms with Gasteiger partial charge in [-0.05, 0) is 11.6 Å². The third-order valence-electron chi connectivity index (χ3n) is 2.72. The number of rotatable bonds is 3. The van der Waals surface area contributed by atoms with Crippen molar-refractivity contribution in [2.45, 2.75) is 12.5 Å². The minimum atomic E-state index is -0.823. The number of benzene rings is 1. The molecule has 0 saturated carbocycles. The van der Waals surface area contributed by atoms with Crippen molar-refractivity contribution >= 4 is 5.78 Å². The third-order valence-corrected chi connectivity index (χ3v) is 2.72. The maximum atomic E-state index is 11.8. The summed E-state index contributed by atoms with van der Waals surface area (Å²) in [5.41, 5.74) is 1.21. The third kappa shape index (κ3) is 1.36. The maximum Gasteiger partial charge on any atom is 0.195 e. The lowest BCUT2D eigenvalue weighted by molar-refractivity contribution is 0.0972. The van der Waals surface area contributed by atoms with Crippen molar-refractivity contribution in [1.82, 2.24) is 0 Å². The Morgan fingerprint density at radius 2 is 2.06 bits per heavy atom. The molecule has 0 unspecified atom stereocenters. The van der Waals surface area contributed by atoms with Gasteiger partial charge in [0.25, 0.3) is 0 Å². The second kappa shape index (κ2) is 3.92. The Hall–Kier alpha value is -1.91. The zero-order valence-corrected chi connectivity index (χ0v) is 9.02. The van der Waals surface area contributed by atoms with Gasteiger partial charge in [0.05, 0.1) is 19.8 Å². The molecule has 1 aromatic carbocycles. The highest BCUT2D eigenvalue weighted by molar-refractivity contribution is 6.07. The summed E-state index contributed by atoms with van der Waals surface area (Å²) >= 11 is 0. The van der Waals surface area contributed by atoms with Gasteiger partial charge in [0, 0.05) is 6.42 Å². The van der Waals surface area contributed by atoms with Gasteiger partial charge in [-0.3, -0.25) is 4.79 Å². The maximum absolute atomic E-state index is 11.8. The van der Waals surface area contributed by atoms with Gasteiger partial charge in [-0.2, -0.15) is 4.91 Å². The fourth-order valence-corrected chi connectivity index (χ4v) is 1.96. The average Bonchev–Trinajstić information content (AvgIpc) is 2.65. The standard InChI is InChI=1S/C11H11NO4/c1-15-8-4-3-6-5-7(12-14)10(13)9(6)11(8)16-2/h3-4,7H,5H2,1-2H3/t7-/m1/s1. The van der Waals surface area contributed by atoms with Crippen LogP contribution in [0.5, 0.6) is 11.5 Å². The Balaban J connectivity index is 2.58. The van der Waals surface area contributed by atoms with Gasteiger partial charge >= 0.3 is 0 Å². The summed E-state index contributed by atoms with van der Waals surface area (Å²) in [4.78, 5) is 22.3. The molecule has 1 aliphatic rings. The number of Topliss-reactive ketones (excluding diaryl/α,β-unsaturated/α-hetero) is 1. The smallest absolute Gasteiger partial charge is 0.195 e. The van der Waals surface area contributed by atoms with Gasteiger partial charge in [-0.25, -0.2) is 0 Å². The van der Waals surface area contributed by atoms with Crippen molar-refractivity contribution in [2.75, 3.05) is 14.2 Å². The molecule has 16 heavy (non-hydrogen) atoms. The molecule has 0 radical (unpaired) electrons. The van der Waals surface area contributed by atoms with E-state index in [1.54, 1.807) is 12.1 Å². The number of fused-ring (bicyclic) bond motifs is 1. The minimum Gasteiger partial charge on any atom is -0.493 e. The van der Waals surface area contributed by atoms with Crippen molar-refractivity contribution < 1.29 is 14.3 Å². The number of carbonyl (C=O) groups is 1. The van der Waals surface area contributed by atoms with E-state index in [1.165, 1.54) is 14.2 Å². The first-order chi connectivity index (χ1) is 7.72. The largest absolute Gasteiger partial charge is 0.493 e. The van der Waals surface area contributed by atoms with E-state index < -0.39 is 6.04 Å². The van der Waals surface area contributed by atoms with Crippen LogP contribution in [0.2, 0.25) is 0 Å². The number of hydrogen-bond donors (Lipinski definition) is 0. The number of ketones is 1. The molecule has 1 aromatic rings. The van der Waals surface area contributed by atoms with Crippen molar-refractivity contribution in [3.63, 3.8) is 0 Å². The molecule has 1 atom stereocenters. The SMILES string of the molecule is COc1ccc2c(c1OC)C(=O)[C@H](N=O)C2. The number of methoxy groups -OCH3 is 2. The molecule has 0 N–H and O–H groups in total. The van der Waals surface area contributed by atoms with Crippen LogP contribution in [0.15, 0.2) is 17.3 Å². The number of ether oxygens (including phenoxy) is 2. The lowest BCUT2D eigenvalue weighted by Crippen LogP contribution is -2.12. The minimum absolute atomic E-state index is 0.291. The Kier molecular flexibility index (Phi) is 2.60. The molecule has 0 aromatic heterocycles. The predicted molar refractivity (Wildman–Crippen MR) is 57.2 cm³/mol. The van der Waals surface area contributed by atoms with Crippen LogP contribution in [-0.4, -0.2) is 26.0 Å². The van der Waals surface area contributed by atoms with Crippen LogP contribution in [0, 0.1) is 4.91 Å². The summed E-state index contributed by atoms with van der Waals surface area (Å²) in [6.45, 7) is 0. The van der Waals surface area contributed by atoms with Crippen molar-refractivity contribution in [3.8, 4) is 11.5 Å². The zero-order valence-electron chi connectivity index (χ0n) is 9.02. The topological polar surface area (TPSA) is 65.0 Å². The number of hydrogen-bond acceptors (Lipinski definition) is 5. The molecule has 0 saturated heterocycles. The summed E-state index contributed by atoms with van der Waals surface area (Å²) in [5.74, 6) is 0.582. The predicted octanol–water partition coefficient (Wildman–Crippen LogP) is 1.58. The van der Waals surface area contributed by atoms with E-state index >= 15 is 0 Å². The molecule has 0 heterocycles. The van der Waals surface area contributed by atoms with Crippen molar-refractivity contribution in [3.05, 3.63) is 28.2 Å².